The van der Waals surface area contributed by atoms with Crippen LogP contribution in [0.2, 0.25) is 0 Å². The summed E-state index contributed by atoms with van der Waals surface area (Å²) in [4.78, 5) is 0. The molecule has 2 nitrogen and oxygen atoms in total. The Morgan fingerprint density at radius 3 is 2.67 bits per heavy atom. The Kier molecular flexibility index (Phi) is 3.14. The third-order valence-corrected chi connectivity index (χ3v) is 3.08. The van der Waals surface area contributed by atoms with Crippen LogP contribution in [-0.2, 0) is 6.42 Å². The minimum Gasteiger partial charge on any atom is -0.488 e. The van der Waals surface area contributed by atoms with Gasteiger partial charge in [0.1, 0.15) is 5.75 Å². The SMILES string of the molecule is CCc1ccc(OC2CCCC2)c(N)c1. The second kappa shape index (κ2) is 4.56. The third kappa shape index (κ3) is 2.44. The van der Waals surface area contributed by atoms with E-state index < -0.39 is 0 Å². The Morgan fingerprint density at radius 1 is 1.33 bits per heavy atom. The van der Waals surface area contributed by atoms with Gasteiger partial charge in [-0.05, 0) is 49.8 Å². The number of rotatable bonds is 3. The molecule has 0 aromatic heterocycles. The topological polar surface area (TPSA) is 35.2 Å². The molecule has 0 aliphatic heterocycles. The normalized spacial score (nSPS) is 16.9. The molecule has 1 saturated carbocycles. The number of benzene rings is 1. The highest BCUT2D eigenvalue weighted by Crippen LogP contribution is 2.28. The van der Waals surface area contributed by atoms with E-state index in [1.54, 1.807) is 0 Å². The first-order valence-electron chi connectivity index (χ1n) is 5.84. The summed E-state index contributed by atoms with van der Waals surface area (Å²) in [5.41, 5.74) is 8.00. The maximum atomic E-state index is 5.95. The van der Waals surface area contributed by atoms with Gasteiger partial charge in [-0.15, -0.1) is 0 Å². The van der Waals surface area contributed by atoms with Gasteiger partial charge in [0, 0.05) is 0 Å². The molecule has 0 radical (unpaired) electrons. The molecule has 2 rings (SSSR count). The summed E-state index contributed by atoms with van der Waals surface area (Å²) < 4.78 is 5.88. The molecule has 1 fully saturated rings. The van der Waals surface area contributed by atoms with Gasteiger partial charge in [0.05, 0.1) is 11.8 Å². The standard InChI is InChI=1S/C13H19NO/c1-2-10-7-8-13(12(14)9-10)15-11-5-3-4-6-11/h7-9,11H,2-6,14H2,1H3. The molecule has 82 valence electrons. The van der Waals surface area contributed by atoms with Crippen LogP contribution in [0.5, 0.6) is 5.75 Å². The highest BCUT2D eigenvalue weighted by Gasteiger charge is 2.17. The van der Waals surface area contributed by atoms with E-state index in [1.165, 1.54) is 31.2 Å². The molecule has 15 heavy (non-hydrogen) atoms. The summed E-state index contributed by atoms with van der Waals surface area (Å²) in [6.07, 6.45) is 6.34. The molecular weight excluding hydrogens is 186 g/mol. The minimum atomic E-state index is 0.389. The number of hydrogen-bond acceptors (Lipinski definition) is 2. The van der Waals surface area contributed by atoms with E-state index in [-0.39, 0.29) is 0 Å². The predicted molar refractivity (Wildman–Crippen MR) is 63.1 cm³/mol. The van der Waals surface area contributed by atoms with Crippen molar-refractivity contribution in [2.45, 2.75) is 45.1 Å². The van der Waals surface area contributed by atoms with Crippen LogP contribution in [0.25, 0.3) is 0 Å². The van der Waals surface area contributed by atoms with Gasteiger partial charge < -0.3 is 10.5 Å². The Hall–Kier alpha value is -1.18. The maximum Gasteiger partial charge on any atom is 0.142 e. The molecule has 0 bridgehead atoms. The van der Waals surface area contributed by atoms with Crippen molar-refractivity contribution in [2.24, 2.45) is 0 Å². The Balaban J connectivity index is 2.07. The van der Waals surface area contributed by atoms with Gasteiger partial charge in [-0.3, -0.25) is 0 Å². The molecular formula is C13H19NO. The quantitative estimate of drug-likeness (QED) is 0.769. The highest BCUT2D eigenvalue weighted by molar-refractivity contribution is 5.54. The average Bonchev–Trinajstić information content (AvgIpc) is 2.74. The molecule has 1 aromatic rings. The Labute approximate surface area is 91.4 Å². The van der Waals surface area contributed by atoms with Gasteiger partial charge in [-0.1, -0.05) is 13.0 Å². The summed E-state index contributed by atoms with van der Waals surface area (Å²) in [6.45, 7) is 2.13. The van der Waals surface area contributed by atoms with Crippen LogP contribution >= 0.6 is 0 Å². The molecule has 1 aliphatic rings. The summed E-state index contributed by atoms with van der Waals surface area (Å²) in [7, 11) is 0. The van der Waals surface area contributed by atoms with Crippen molar-refractivity contribution in [2.75, 3.05) is 5.73 Å². The van der Waals surface area contributed by atoms with Crippen molar-refractivity contribution in [1.82, 2.24) is 0 Å². The molecule has 0 saturated heterocycles. The smallest absolute Gasteiger partial charge is 0.142 e. The summed E-state index contributed by atoms with van der Waals surface area (Å²) in [6, 6.07) is 6.12. The lowest BCUT2D eigenvalue weighted by molar-refractivity contribution is 0.211. The Morgan fingerprint density at radius 2 is 2.07 bits per heavy atom. The Bertz CT molecular complexity index is 329. The molecule has 2 N–H and O–H groups in total. The van der Waals surface area contributed by atoms with Gasteiger partial charge in [0.2, 0.25) is 0 Å². The zero-order valence-corrected chi connectivity index (χ0v) is 9.33. The van der Waals surface area contributed by atoms with Crippen LogP contribution in [0.3, 0.4) is 0 Å². The van der Waals surface area contributed by atoms with E-state index in [2.05, 4.69) is 13.0 Å². The molecule has 0 atom stereocenters. The van der Waals surface area contributed by atoms with Crippen molar-refractivity contribution in [3.63, 3.8) is 0 Å². The van der Waals surface area contributed by atoms with Crippen molar-refractivity contribution in [1.29, 1.82) is 0 Å². The average molecular weight is 205 g/mol. The maximum absolute atomic E-state index is 5.95. The third-order valence-electron chi connectivity index (χ3n) is 3.08. The second-order valence-electron chi connectivity index (χ2n) is 4.25. The van der Waals surface area contributed by atoms with Crippen molar-refractivity contribution in [3.8, 4) is 5.75 Å². The minimum absolute atomic E-state index is 0.389. The zero-order chi connectivity index (χ0) is 10.7. The van der Waals surface area contributed by atoms with E-state index >= 15 is 0 Å². The van der Waals surface area contributed by atoms with E-state index in [9.17, 15) is 0 Å². The number of nitrogens with two attached hydrogens (primary N) is 1. The van der Waals surface area contributed by atoms with Crippen LogP contribution in [0.1, 0.15) is 38.2 Å². The van der Waals surface area contributed by atoms with E-state index in [4.69, 9.17) is 10.5 Å². The van der Waals surface area contributed by atoms with Crippen LogP contribution in [0, 0.1) is 0 Å². The number of ether oxygens (including phenoxy) is 1. The van der Waals surface area contributed by atoms with Gasteiger partial charge in [0.15, 0.2) is 0 Å². The molecule has 1 aliphatic carbocycles. The lowest BCUT2D eigenvalue weighted by Crippen LogP contribution is -2.12. The van der Waals surface area contributed by atoms with Crippen molar-refractivity contribution in [3.05, 3.63) is 23.8 Å². The lowest BCUT2D eigenvalue weighted by Gasteiger charge is -2.15. The highest BCUT2D eigenvalue weighted by atomic mass is 16.5. The zero-order valence-electron chi connectivity index (χ0n) is 9.33. The second-order valence-corrected chi connectivity index (χ2v) is 4.25. The van der Waals surface area contributed by atoms with Crippen molar-refractivity contribution >= 4 is 5.69 Å². The van der Waals surface area contributed by atoms with Crippen molar-refractivity contribution < 1.29 is 4.74 Å². The van der Waals surface area contributed by atoms with Crippen LogP contribution in [-0.4, -0.2) is 6.10 Å². The number of aryl methyl sites for hydroxylation is 1. The molecule has 2 heteroatoms. The fourth-order valence-corrected chi connectivity index (χ4v) is 2.11. The fraction of sp³-hybridized carbons (Fsp3) is 0.538. The monoisotopic (exact) mass is 205 g/mol. The molecule has 0 amide bonds. The van der Waals surface area contributed by atoms with E-state index in [1.807, 2.05) is 12.1 Å². The molecule has 1 aromatic carbocycles. The number of nitrogen functional groups attached to an aromatic ring is 1. The number of hydrogen-bond donors (Lipinski definition) is 1. The largest absolute Gasteiger partial charge is 0.488 e. The van der Waals surface area contributed by atoms with Crippen LogP contribution < -0.4 is 10.5 Å². The molecule has 0 heterocycles. The first-order chi connectivity index (χ1) is 7.29. The van der Waals surface area contributed by atoms with Gasteiger partial charge in [-0.2, -0.15) is 0 Å². The van der Waals surface area contributed by atoms with Gasteiger partial charge in [0.25, 0.3) is 0 Å². The summed E-state index contributed by atoms with van der Waals surface area (Å²) in [5, 5.41) is 0. The van der Waals surface area contributed by atoms with Crippen LogP contribution in [0.4, 0.5) is 5.69 Å². The first-order valence-corrected chi connectivity index (χ1v) is 5.84. The molecule has 0 spiro atoms. The van der Waals surface area contributed by atoms with E-state index in [0.717, 1.165) is 17.9 Å². The first kappa shape index (κ1) is 10.3. The number of anilines is 1. The van der Waals surface area contributed by atoms with E-state index in [0.29, 0.717) is 6.10 Å². The van der Waals surface area contributed by atoms with Crippen LogP contribution in [0.15, 0.2) is 18.2 Å². The molecule has 0 unspecified atom stereocenters. The van der Waals surface area contributed by atoms with Gasteiger partial charge in [-0.25, -0.2) is 0 Å². The summed E-state index contributed by atoms with van der Waals surface area (Å²) in [5.74, 6) is 0.860. The van der Waals surface area contributed by atoms with Gasteiger partial charge >= 0.3 is 0 Å². The predicted octanol–water partition coefficient (Wildman–Crippen LogP) is 3.15. The lowest BCUT2D eigenvalue weighted by atomic mass is 10.1. The summed E-state index contributed by atoms with van der Waals surface area (Å²) >= 11 is 0. The fourth-order valence-electron chi connectivity index (χ4n) is 2.11.